The van der Waals surface area contributed by atoms with Gasteiger partial charge in [0.2, 0.25) is 0 Å². The third-order valence-corrected chi connectivity index (χ3v) is 9.28. The van der Waals surface area contributed by atoms with E-state index in [9.17, 15) is 0 Å². The van der Waals surface area contributed by atoms with Gasteiger partial charge >= 0.3 is 0 Å². The van der Waals surface area contributed by atoms with Gasteiger partial charge in [-0.3, -0.25) is 4.98 Å². The Bertz CT molecular complexity index is 2680. The molecule has 9 rings (SSSR count). The minimum atomic E-state index is 0.580. The van der Waals surface area contributed by atoms with E-state index in [1.165, 1.54) is 22.3 Å². The molecule has 0 atom stereocenters. The van der Waals surface area contributed by atoms with Crippen molar-refractivity contribution in [3.63, 3.8) is 0 Å². The predicted molar refractivity (Wildman–Crippen MR) is 207 cm³/mol. The monoisotopic (exact) mass is 656 g/mol. The van der Waals surface area contributed by atoms with E-state index in [4.69, 9.17) is 19.4 Å². The van der Waals surface area contributed by atoms with E-state index in [2.05, 4.69) is 120 Å². The molecule has 9 aromatic rings. The Morgan fingerprint density at radius 2 is 0.863 bits per heavy atom. The highest BCUT2D eigenvalue weighted by atomic mass is 16.3. The summed E-state index contributed by atoms with van der Waals surface area (Å²) in [4.78, 5) is 19.6. The summed E-state index contributed by atoms with van der Waals surface area (Å²) in [5.41, 5.74) is 13.1. The molecular weight excluding hydrogens is 625 g/mol. The van der Waals surface area contributed by atoms with Crippen LogP contribution in [0.4, 0.5) is 0 Å². The number of aromatic nitrogens is 4. The quantitative estimate of drug-likeness (QED) is 0.178. The summed E-state index contributed by atoms with van der Waals surface area (Å²) in [7, 11) is 0. The normalized spacial score (nSPS) is 11.3. The highest BCUT2D eigenvalue weighted by Gasteiger charge is 2.16. The van der Waals surface area contributed by atoms with Crippen LogP contribution in [-0.4, -0.2) is 19.9 Å². The average Bonchev–Trinajstić information content (AvgIpc) is 3.56. The molecule has 3 aromatic heterocycles. The van der Waals surface area contributed by atoms with Gasteiger partial charge in [0.05, 0.1) is 0 Å². The van der Waals surface area contributed by atoms with Gasteiger partial charge in [0.25, 0.3) is 0 Å². The first-order valence-electron chi connectivity index (χ1n) is 17.0. The lowest BCUT2D eigenvalue weighted by molar-refractivity contribution is 0.669. The lowest BCUT2D eigenvalue weighted by Gasteiger charge is -2.14. The standard InChI is InChI=1S/C46H32N4O/c1-29-25-37(26-30(2)47-29)46-49-44(48-45(50-46)36-22-24-40-39-15-9-10-16-42(39)51-43(40)28-36)34-19-17-33(18-20-34)38-23-21-35(31-11-5-3-6-12-31)27-41(38)32-13-7-4-8-14-32/h3-28H,1-2H3. The Labute approximate surface area is 296 Å². The van der Waals surface area contributed by atoms with Gasteiger partial charge in [0.15, 0.2) is 17.5 Å². The molecule has 0 N–H and O–H groups in total. The van der Waals surface area contributed by atoms with E-state index in [-0.39, 0.29) is 0 Å². The van der Waals surface area contributed by atoms with Crippen LogP contribution in [0.1, 0.15) is 11.4 Å². The molecule has 0 unspecified atom stereocenters. The van der Waals surface area contributed by atoms with E-state index in [0.29, 0.717) is 17.5 Å². The number of para-hydroxylation sites is 1. The highest BCUT2D eigenvalue weighted by Crippen LogP contribution is 2.37. The van der Waals surface area contributed by atoms with Crippen LogP contribution in [0.15, 0.2) is 162 Å². The maximum absolute atomic E-state index is 6.23. The molecule has 0 radical (unpaired) electrons. The van der Waals surface area contributed by atoms with Crippen LogP contribution in [0.3, 0.4) is 0 Å². The Balaban J connectivity index is 1.15. The maximum Gasteiger partial charge on any atom is 0.164 e. The third-order valence-electron chi connectivity index (χ3n) is 9.28. The molecule has 51 heavy (non-hydrogen) atoms. The van der Waals surface area contributed by atoms with Crippen molar-refractivity contribution in [2.75, 3.05) is 0 Å². The summed E-state index contributed by atoms with van der Waals surface area (Å²) in [6.07, 6.45) is 0. The molecule has 0 saturated heterocycles. The molecule has 3 heterocycles. The summed E-state index contributed by atoms with van der Waals surface area (Å²) in [6.45, 7) is 3.98. The number of rotatable bonds is 6. The smallest absolute Gasteiger partial charge is 0.164 e. The Morgan fingerprint density at radius 1 is 0.333 bits per heavy atom. The van der Waals surface area contributed by atoms with Crippen LogP contribution >= 0.6 is 0 Å². The molecular formula is C46H32N4O. The molecule has 5 nitrogen and oxygen atoms in total. The number of furan rings is 1. The van der Waals surface area contributed by atoms with E-state index in [1.807, 2.05) is 56.3 Å². The van der Waals surface area contributed by atoms with Crippen molar-refractivity contribution in [1.29, 1.82) is 0 Å². The first-order chi connectivity index (χ1) is 25.1. The Kier molecular flexibility index (Phi) is 7.51. The van der Waals surface area contributed by atoms with E-state index >= 15 is 0 Å². The zero-order valence-electron chi connectivity index (χ0n) is 28.2. The Morgan fingerprint density at radius 3 is 1.59 bits per heavy atom. The summed E-state index contributed by atoms with van der Waals surface area (Å²) in [5.74, 6) is 1.78. The van der Waals surface area contributed by atoms with Gasteiger partial charge in [-0.15, -0.1) is 0 Å². The van der Waals surface area contributed by atoms with Crippen LogP contribution in [0.5, 0.6) is 0 Å². The summed E-state index contributed by atoms with van der Waals surface area (Å²) >= 11 is 0. The van der Waals surface area contributed by atoms with Gasteiger partial charge in [-0.25, -0.2) is 15.0 Å². The van der Waals surface area contributed by atoms with Crippen LogP contribution < -0.4 is 0 Å². The fourth-order valence-corrected chi connectivity index (χ4v) is 6.85. The summed E-state index contributed by atoms with van der Waals surface area (Å²) < 4.78 is 6.23. The second kappa shape index (κ2) is 12.6. The average molecular weight is 657 g/mol. The minimum Gasteiger partial charge on any atom is -0.456 e. The van der Waals surface area contributed by atoms with Gasteiger partial charge in [0.1, 0.15) is 11.2 Å². The van der Waals surface area contributed by atoms with Crippen molar-refractivity contribution in [1.82, 2.24) is 19.9 Å². The van der Waals surface area contributed by atoms with Gasteiger partial charge in [-0.05, 0) is 83.6 Å². The van der Waals surface area contributed by atoms with Crippen LogP contribution in [0, 0.1) is 13.8 Å². The van der Waals surface area contributed by atoms with Crippen molar-refractivity contribution in [2.24, 2.45) is 0 Å². The SMILES string of the molecule is Cc1cc(-c2nc(-c3ccc(-c4ccc(-c5ccccc5)cc4-c4ccccc4)cc3)nc(-c3ccc4c(c3)oc3ccccc34)n2)cc(C)n1. The highest BCUT2D eigenvalue weighted by molar-refractivity contribution is 6.05. The molecule has 0 amide bonds. The van der Waals surface area contributed by atoms with Crippen LogP contribution in [0.2, 0.25) is 0 Å². The molecule has 242 valence electrons. The van der Waals surface area contributed by atoms with Crippen molar-refractivity contribution in [2.45, 2.75) is 13.8 Å². The topological polar surface area (TPSA) is 64.7 Å². The minimum absolute atomic E-state index is 0.580. The van der Waals surface area contributed by atoms with Crippen molar-refractivity contribution < 1.29 is 4.42 Å². The molecule has 0 aliphatic rings. The van der Waals surface area contributed by atoms with E-state index in [0.717, 1.165) is 61.1 Å². The zero-order valence-corrected chi connectivity index (χ0v) is 28.2. The first-order valence-corrected chi connectivity index (χ1v) is 17.0. The third kappa shape index (κ3) is 5.85. The second-order valence-electron chi connectivity index (χ2n) is 12.8. The molecule has 0 fully saturated rings. The van der Waals surface area contributed by atoms with Gasteiger partial charge in [0, 0.05) is 38.9 Å². The number of benzene rings is 6. The molecule has 6 aromatic carbocycles. The predicted octanol–water partition coefficient (Wildman–Crippen LogP) is 11.8. The number of hydrogen-bond acceptors (Lipinski definition) is 5. The number of hydrogen-bond donors (Lipinski definition) is 0. The van der Waals surface area contributed by atoms with E-state index < -0.39 is 0 Å². The van der Waals surface area contributed by atoms with Crippen molar-refractivity contribution in [3.05, 3.63) is 169 Å². The number of nitrogens with zero attached hydrogens (tertiary/aromatic N) is 4. The lowest BCUT2D eigenvalue weighted by atomic mass is 9.91. The van der Waals surface area contributed by atoms with Crippen molar-refractivity contribution >= 4 is 21.9 Å². The van der Waals surface area contributed by atoms with Crippen LogP contribution in [0.25, 0.3) is 89.5 Å². The zero-order chi connectivity index (χ0) is 34.3. The number of pyridine rings is 1. The molecule has 0 saturated carbocycles. The summed E-state index contributed by atoms with van der Waals surface area (Å²) in [5, 5.41) is 2.15. The molecule has 0 aliphatic heterocycles. The molecule has 5 heteroatoms. The number of aryl methyl sites for hydroxylation is 2. The van der Waals surface area contributed by atoms with Crippen molar-refractivity contribution in [3.8, 4) is 67.5 Å². The fraction of sp³-hybridized carbons (Fsp3) is 0.0435. The van der Waals surface area contributed by atoms with Gasteiger partial charge < -0.3 is 4.42 Å². The summed E-state index contributed by atoms with van der Waals surface area (Å²) in [6, 6.07) is 54.6. The molecule has 0 bridgehead atoms. The lowest BCUT2D eigenvalue weighted by Crippen LogP contribution is -2.01. The maximum atomic E-state index is 6.23. The largest absolute Gasteiger partial charge is 0.456 e. The van der Waals surface area contributed by atoms with Gasteiger partial charge in [-0.2, -0.15) is 0 Å². The first kappa shape index (κ1) is 30.3. The number of fused-ring (bicyclic) bond motifs is 3. The van der Waals surface area contributed by atoms with Crippen LogP contribution in [-0.2, 0) is 0 Å². The van der Waals surface area contributed by atoms with E-state index in [1.54, 1.807) is 0 Å². The molecule has 0 spiro atoms. The Hall–Kier alpha value is -6.72. The fourth-order valence-electron chi connectivity index (χ4n) is 6.85. The van der Waals surface area contributed by atoms with Gasteiger partial charge in [-0.1, -0.05) is 121 Å². The molecule has 0 aliphatic carbocycles. The second-order valence-corrected chi connectivity index (χ2v) is 12.8.